The number of carbonyl (C=O) groups excluding carboxylic acids is 3. The average Bonchev–Trinajstić information content (AvgIpc) is 3.34. The summed E-state index contributed by atoms with van der Waals surface area (Å²) in [7, 11) is 0. The Balaban J connectivity index is 1.52. The first kappa shape index (κ1) is 20.7. The maximum Gasteiger partial charge on any atom is 0.283 e. The SMILES string of the molecule is O=C(c1ccc(NC2=C(Cl)C(=O)N(c3ccc(Cl)c(Cl)c3)C2=O)cc1)N1CCCC1. The van der Waals surface area contributed by atoms with Crippen LogP contribution in [-0.4, -0.2) is 35.7 Å². The lowest BCUT2D eigenvalue weighted by Crippen LogP contribution is -2.32. The van der Waals surface area contributed by atoms with E-state index in [1.165, 1.54) is 18.2 Å². The molecule has 0 radical (unpaired) electrons. The summed E-state index contributed by atoms with van der Waals surface area (Å²) in [6, 6.07) is 11.1. The topological polar surface area (TPSA) is 69.7 Å². The van der Waals surface area contributed by atoms with Crippen LogP contribution in [0.25, 0.3) is 0 Å². The maximum atomic E-state index is 12.8. The molecule has 2 aliphatic rings. The third-order valence-corrected chi connectivity index (χ3v) is 6.07. The molecule has 9 heteroatoms. The average molecular weight is 465 g/mol. The minimum atomic E-state index is -0.664. The lowest BCUT2D eigenvalue weighted by molar-refractivity contribution is -0.120. The lowest BCUT2D eigenvalue weighted by atomic mass is 10.2. The van der Waals surface area contributed by atoms with Crippen LogP contribution in [0.5, 0.6) is 0 Å². The number of likely N-dealkylation sites (tertiary alicyclic amines) is 1. The van der Waals surface area contributed by atoms with Gasteiger partial charge in [0, 0.05) is 24.3 Å². The first-order valence-corrected chi connectivity index (χ1v) is 10.4. The van der Waals surface area contributed by atoms with Gasteiger partial charge in [-0.1, -0.05) is 34.8 Å². The number of hydrogen-bond acceptors (Lipinski definition) is 4. The molecule has 0 aromatic heterocycles. The van der Waals surface area contributed by atoms with E-state index >= 15 is 0 Å². The van der Waals surface area contributed by atoms with Crippen molar-refractivity contribution in [2.45, 2.75) is 12.8 Å². The molecule has 1 saturated heterocycles. The molecule has 0 aliphatic carbocycles. The van der Waals surface area contributed by atoms with Crippen LogP contribution in [-0.2, 0) is 9.59 Å². The summed E-state index contributed by atoms with van der Waals surface area (Å²) >= 11 is 18.1. The maximum absolute atomic E-state index is 12.8. The summed E-state index contributed by atoms with van der Waals surface area (Å²) in [5.74, 6) is -1.29. The number of amides is 3. The van der Waals surface area contributed by atoms with Crippen molar-refractivity contribution in [1.82, 2.24) is 4.90 Å². The van der Waals surface area contributed by atoms with Crippen molar-refractivity contribution in [2.75, 3.05) is 23.3 Å². The fraction of sp³-hybridized carbons (Fsp3) is 0.190. The molecular weight excluding hydrogens is 449 g/mol. The van der Waals surface area contributed by atoms with Gasteiger partial charge >= 0.3 is 0 Å². The molecule has 2 aromatic rings. The monoisotopic (exact) mass is 463 g/mol. The van der Waals surface area contributed by atoms with E-state index in [1.807, 2.05) is 4.90 Å². The van der Waals surface area contributed by atoms with Crippen molar-refractivity contribution in [2.24, 2.45) is 0 Å². The minimum Gasteiger partial charge on any atom is -0.350 e. The Morgan fingerprint density at radius 1 is 0.867 bits per heavy atom. The number of anilines is 2. The molecule has 30 heavy (non-hydrogen) atoms. The standard InChI is InChI=1S/C21H16Cl3N3O3/c22-15-8-7-14(11-16(15)23)27-20(29)17(24)18(21(27)30)25-13-5-3-12(4-6-13)19(28)26-9-1-2-10-26/h3-8,11,25H,1-2,9-10H2. The number of hydrogen-bond donors (Lipinski definition) is 1. The van der Waals surface area contributed by atoms with Crippen LogP contribution < -0.4 is 10.2 Å². The molecule has 0 atom stereocenters. The molecule has 3 amide bonds. The zero-order valence-corrected chi connectivity index (χ0v) is 17.9. The number of halogens is 3. The van der Waals surface area contributed by atoms with Crippen molar-refractivity contribution < 1.29 is 14.4 Å². The second kappa shape index (κ2) is 8.30. The van der Waals surface area contributed by atoms with Crippen molar-refractivity contribution >= 4 is 63.9 Å². The van der Waals surface area contributed by atoms with Gasteiger partial charge in [0.2, 0.25) is 0 Å². The van der Waals surface area contributed by atoms with E-state index < -0.39 is 11.8 Å². The van der Waals surface area contributed by atoms with Gasteiger partial charge in [0.05, 0.1) is 15.7 Å². The van der Waals surface area contributed by atoms with E-state index in [2.05, 4.69) is 5.32 Å². The molecule has 1 fully saturated rings. The summed E-state index contributed by atoms with van der Waals surface area (Å²) in [6.45, 7) is 1.53. The molecular formula is C21H16Cl3N3O3. The summed E-state index contributed by atoms with van der Waals surface area (Å²) in [5, 5.41) is 3.17. The van der Waals surface area contributed by atoms with Gasteiger partial charge in [-0.15, -0.1) is 0 Å². The Kier molecular flexibility index (Phi) is 5.73. The lowest BCUT2D eigenvalue weighted by Gasteiger charge is -2.16. The normalized spacial score (nSPS) is 16.6. The quantitative estimate of drug-likeness (QED) is 0.668. The van der Waals surface area contributed by atoms with Crippen molar-refractivity contribution in [3.63, 3.8) is 0 Å². The van der Waals surface area contributed by atoms with Crippen LogP contribution in [0.15, 0.2) is 53.2 Å². The fourth-order valence-electron chi connectivity index (χ4n) is 3.41. The van der Waals surface area contributed by atoms with E-state index in [4.69, 9.17) is 34.8 Å². The van der Waals surface area contributed by atoms with Gasteiger partial charge in [0.15, 0.2) is 0 Å². The summed E-state index contributed by atoms with van der Waals surface area (Å²) in [6.07, 6.45) is 2.03. The third kappa shape index (κ3) is 3.78. The highest BCUT2D eigenvalue weighted by molar-refractivity contribution is 6.53. The van der Waals surface area contributed by atoms with E-state index in [0.29, 0.717) is 16.3 Å². The molecule has 6 nitrogen and oxygen atoms in total. The molecule has 1 N–H and O–H groups in total. The van der Waals surface area contributed by atoms with Crippen LogP contribution in [0.2, 0.25) is 10.0 Å². The number of carbonyl (C=O) groups is 3. The van der Waals surface area contributed by atoms with Crippen LogP contribution in [0.4, 0.5) is 11.4 Å². The van der Waals surface area contributed by atoms with E-state index in [9.17, 15) is 14.4 Å². The predicted molar refractivity (Wildman–Crippen MR) is 117 cm³/mol. The van der Waals surface area contributed by atoms with Gasteiger partial charge in [-0.2, -0.15) is 0 Å². The molecule has 2 aliphatic heterocycles. The number of benzene rings is 2. The Bertz CT molecular complexity index is 1080. The summed E-state index contributed by atoms with van der Waals surface area (Å²) in [5.41, 5.74) is 1.30. The van der Waals surface area contributed by atoms with Gasteiger partial charge in [-0.3, -0.25) is 14.4 Å². The highest BCUT2D eigenvalue weighted by Gasteiger charge is 2.39. The second-order valence-corrected chi connectivity index (χ2v) is 8.13. The molecule has 2 heterocycles. The number of nitrogens with zero attached hydrogens (tertiary/aromatic N) is 2. The van der Waals surface area contributed by atoms with Crippen molar-refractivity contribution in [1.29, 1.82) is 0 Å². The summed E-state index contributed by atoms with van der Waals surface area (Å²) < 4.78 is 0. The van der Waals surface area contributed by atoms with Gasteiger partial charge in [-0.05, 0) is 55.3 Å². The Labute approximate surface area is 188 Å². The van der Waals surface area contributed by atoms with Gasteiger partial charge in [-0.25, -0.2) is 4.90 Å². The largest absolute Gasteiger partial charge is 0.350 e. The number of imide groups is 1. The first-order chi connectivity index (χ1) is 14.4. The molecule has 0 spiro atoms. The minimum absolute atomic E-state index is 0.0192. The third-order valence-electron chi connectivity index (χ3n) is 4.98. The molecule has 4 rings (SSSR count). The van der Waals surface area contributed by atoms with E-state index in [1.54, 1.807) is 24.3 Å². The zero-order valence-electron chi connectivity index (χ0n) is 15.6. The zero-order chi connectivity index (χ0) is 21.4. The Hall–Kier alpha value is -2.54. The molecule has 154 valence electrons. The van der Waals surface area contributed by atoms with Crippen molar-refractivity contribution in [3.05, 3.63) is 68.8 Å². The molecule has 2 aromatic carbocycles. The predicted octanol–water partition coefficient (Wildman–Crippen LogP) is 4.67. The van der Waals surface area contributed by atoms with Crippen molar-refractivity contribution in [3.8, 4) is 0 Å². The van der Waals surface area contributed by atoms with Gasteiger partial charge in [0.25, 0.3) is 17.7 Å². The second-order valence-electron chi connectivity index (χ2n) is 6.93. The van der Waals surface area contributed by atoms with Crippen LogP contribution in [0, 0.1) is 0 Å². The fourth-order valence-corrected chi connectivity index (χ4v) is 3.92. The first-order valence-electron chi connectivity index (χ1n) is 9.27. The molecule has 0 unspecified atom stereocenters. The van der Waals surface area contributed by atoms with E-state index in [-0.39, 0.29) is 27.3 Å². The van der Waals surface area contributed by atoms with Crippen LogP contribution >= 0.6 is 34.8 Å². The van der Waals surface area contributed by atoms with Crippen LogP contribution in [0.1, 0.15) is 23.2 Å². The number of nitrogens with one attached hydrogen (secondary N) is 1. The smallest absolute Gasteiger partial charge is 0.283 e. The van der Waals surface area contributed by atoms with Gasteiger partial charge < -0.3 is 10.2 Å². The number of rotatable bonds is 4. The molecule has 0 bridgehead atoms. The summed E-state index contributed by atoms with van der Waals surface area (Å²) in [4.78, 5) is 40.6. The van der Waals surface area contributed by atoms with Gasteiger partial charge in [0.1, 0.15) is 10.7 Å². The van der Waals surface area contributed by atoms with E-state index in [0.717, 1.165) is 30.8 Å². The highest BCUT2D eigenvalue weighted by Crippen LogP contribution is 2.33. The Morgan fingerprint density at radius 2 is 1.53 bits per heavy atom. The highest BCUT2D eigenvalue weighted by atomic mass is 35.5. The molecule has 0 saturated carbocycles. The Morgan fingerprint density at radius 3 is 2.17 bits per heavy atom. The van der Waals surface area contributed by atoms with Crippen LogP contribution in [0.3, 0.4) is 0 Å².